The molecule has 0 saturated carbocycles. The van der Waals surface area contributed by atoms with Crippen LogP contribution in [0.1, 0.15) is 33.3 Å². The summed E-state index contributed by atoms with van der Waals surface area (Å²) in [6.45, 7) is 5.64. The zero-order chi connectivity index (χ0) is 19.3. The summed E-state index contributed by atoms with van der Waals surface area (Å²) in [5.74, 6) is -0.876. The number of ether oxygens (including phenoxy) is 1. The second-order valence-corrected chi connectivity index (χ2v) is 6.60. The minimum atomic E-state index is -0.488. The average Bonchev–Trinajstić information content (AvgIpc) is 2.87. The molecule has 0 bridgehead atoms. The predicted octanol–water partition coefficient (Wildman–Crippen LogP) is 4.10. The van der Waals surface area contributed by atoms with Gasteiger partial charge in [-0.05, 0) is 50.1 Å². The highest BCUT2D eigenvalue weighted by Crippen LogP contribution is 2.33. The van der Waals surface area contributed by atoms with Crippen LogP contribution < -0.4 is 5.32 Å². The Morgan fingerprint density at radius 2 is 1.92 bits per heavy atom. The second-order valence-electron chi connectivity index (χ2n) is 5.38. The van der Waals surface area contributed by atoms with Gasteiger partial charge in [-0.15, -0.1) is 11.3 Å². The van der Waals surface area contributed by atoms with Crippen LogP contribution in [0.5, 0.6) is 0 Å². The molecular weight excluding hydrogens is 356 g/mol. The van der Waals surface area contributed by atoms with Gasteiger partial charge in [0.1, 0.15) is 5.00 Å². The number of rotatable bonds is 6. The van der Waals surface area contributed by atoms with E-state index in [2.05, 4.69) is 5.32 Å². The molecule has 1 heterocycles. The van der Waals surface area contributed by atoms with Crippen molar-refractivity contribution < 1.29 is 19.2 Å². The third-order valence-corrected chi connectivity index (χ3v) is 4.76. The number of nitro benzene ring substituents is 1. The largest absolute Gasteiger partial charge is 0.462 e. The first-order valence-electron chi connectivity index (χ1n) is 7.84. The number of aryl methyl sites for hydroxylation is 1. The van der Waals surface area contributed by atoms with Gasteiger partial charge in [-0.2, -0.15) is 0 Å². The summed E-state index contributed by atoms with van der Waals surface area (Å²) in [5, 5.41) is 13.8. The zero-order valence-corrected chi connectivity index (χ0v) is 15.4. The number of non-ortho nitro benzene ring substituents is 1. The number of anilines is 1. The lowest BCUT2D eigenvalue weighted by atomic mass is 10.1. The first kappa shape index (κ1) is 19.3. The van der Waals surface area contributed by atoms with E-state index >= 15 is 0 Å². The molecule has 1 aromatic carbocycles. The minimum Gasteiger partial charge on any atom is -0.462 e. The van der Waals surface area contributed by atoms with Crippen LogP contribution >= 0.6 is 11.3 Å². The van der Waals surface area contributed by atoms with Crippen LogP contribution in [-0.2, 0) is 9.53 Å². The van der Waals surface area contributed by atoms with Crippen LogP contribution in [0.15, 0.2) is 30.3 Å². The molecule has 1 aromatic heterocycles. The minimum absolute atomic E-state index is 0.0183. The molecule has 7 nitrogen and oxygen atoms in total. The van der Waals surface area contributed by atoms with Crippen LogP contribution in [0.25, 0.3) is 6.08 Å². The van der Waals surface area contributed by atoms with E-state index in [0.29, 0.717) is 16.1 Å². The Kier molecular flexibility index (Phi) is 6.24. The topological polar surface area (TPSA) is 98.5 Å². The lowest BCUT2D eigenvalue weighted by Gasteiger charge is -2.05. The van der Waals surface area contributed by atoms with Crippen molar-refractivity contribution >= 4 is 40.0 Å². The number of nitrogens with one attached hydrogen (secondary N) is 1. The van der Waals surface area contributed by atoms with Crippen molar-refractivity contribution in [2.45, 2.75) is 20.8 Å². The van der Waals surface area contributed by atoms with Crippen LogP contribution in [0.3, 0.4) is 0 Å². The van der Waals surface area contributed by atoms with Crippen molar-refractivity contribution in [3.05, 3.63) is 62.0 Å². The Morgan fingerprint density at radius 3 is 2.50 bits per heavy atom. The maximum atomic E-state index is 12.2. The van der Waals surface area contributed by atoms with Crippen molar-refractivity contribution in [2.75, 3.05) is 11.9 Å². The summed E-state index contributed by atoms with van der Waals surface area (Å²) < 4.78 is 5.05. The third kappa shape index (κ3) is 4.54. The van der Waals surface area contributed by atoms with Crippen LogP contribution in [0, 0.1) is 24.0 Å². The van der Waals surface area contributed by atoms with E-state index in [1.807, 2.05) is 6.92 Å². The lowest BCUT2D eigenvalue weighted by molar-refractivity contribution is -0.384. The first-order valence-corrected chi connectivity index (χ1v) is 8.65. The van der Waals surface area contributed by atoms with Gasteiger partial charge in [0.15, 0.2) is 0 Å². The second kappa shape index (κ2) is 8.39. The fraction of sp³-hybridized carbons (Fsp3) is 0.222. The van der Waals surface area contributed by atoms with Crippen LogP contribution in [0.2, 0.25) is 0 Å². The monoisotopic (exact) mass is 374 g/mol. The number of nitro groups is 1. The van der Waals surface area contributed by atoms with Gasteiger partial charge in [-0.1, -0.05) is 0 Å². The van der Waals surface area contributed by atoms with Gasteiger partial charge in [0.2, 0.25) is 5.91 Å². The molecule has 0 saturated heterocycles. The highest BCUT2D eigenvalue weighted by atomic mass is 32.1. The molecule has 2 aromatic rings. The van der Waals surface area contributed by atoms with E-state index in [9.17, 15) is 19.7 Å². The normalized spacial score (nSPS) is 10.7. The van der Waals surface area contributed by atoms with E-state index in [4.69, 9.17) is 4.74 Å². The van der Waals surface area contributed by atoms with Crippen molar-refractivity contribution in [3.63, 3.8) is 0 Å². The number of hydrogen-bond donors (Lipinski definition) is 1. The van der Waals surface area contributed by atoms with Gasteiger partial charge in [-0.25, -0.2) is 4.79 Å². The molecule has 26 heavy (non-hydrogen) atoms. The SMILES string of the molecule is CCOC(=O)c1c(NC(=O)C=Cc2ccc([N+](=O)[O-])cc2)sc(C)c1C. The molecule has 1 N–H and O–H groups in total. The summed E-state index contributed by atoms with van der Waals surface area (Å²) >= 11 is 1.31. The number of esters is 1. The van der Waals surface area contributed by atoms with Gasteiger partial charge in [-0.3, -0.25) is 14.9 Å². The standard InChI is InChI=1S/C18H18N2O5S/c1-4-25-18(22)16-11(2)12(3)26-17(16)19-15(21)10-7-13-5-8-14(9-6-13)20(23)24/h5-10H,4H2,1-3H3,(H,19,21). The Morgan fingerprint density at radius 1 is 1.27 bits per heavy atom. The number of carbonyl (C=O) groups is 2. The number of benzene rings is 1. The predicted molar refractivity (Wildman–Crippen MR) is 101 cm³/mol. The quantitative estimate of drug-likeness (QED) is 0.355. The van der Waals surface area contributed by atoms with E-state index < -0.39 is 16.8 Å². The summed E-state index contributed by atoms with van der Waals surface area (Å²) in [7, 11) is 0. The van der Waals surface area contributed by atoms with Gasteiger partial charge < -0.3 is 10.1 Å². The van der Waals surface area contributed by atoms with Gasteiger partial charge in [0.25, 0.3) is 5.69 Å². The number of carbonyl (C=O) groups excluding carboxylic acids is 2. The van der Waals surface area contributed by atoms with Crippen molar-refractivity contribution in [2.24, 2.45) is 0 Å². The Hall–Kier alpha value is -3.00. The highest BCUT2D eigenvalue weighted by molar-refractivity contribution is 7.16. The third-order valence-electron chi connectivity index (χ3n) is 3.63. The van der Waals surface area contributed by atoms with E-state index in [1.54, 1.807) is 26.0 Å². The lowest BCUT2D eigenvalue weighted by Crippen LogP contribution is -2.12. The molecule has 0 aliphatic heterocycles. The smallest absolute Gasteiger partial charge is 0.341 e. The molecule has 1 amide bonds. The first-order chi connectivity index (χ1) is 12.3. The fourth-order valence-electron chi connectivity index (χ4n) is 2.20. The molecule has 0 radical (unpaired) electrons. The molecule has 2 rings (SSSR count). The average molecular weight is 374 g/mol. The zero-order valence-electron chi connectivity index (χ0n) is 14.6. The number of hydrogen-bond acceptors (Lipinski definition) is 6. The highest BCUT2D eigenvalue weighted by Gasteiger charge is 2.21. The van der Waals surface area contributed by atoms with Crippen molar-refractivity contribution in [1.82, 2.24) is 0 Å². The molecule has 0 aliphatic rings. The fourth-order valence-corrected chi connectivity index (χ4v) is 3.25. The molecule has 0 atom stereocenters. The number of amides is 1. The maximum absolute atomic E-state index is 12.2. The van der Waals surface area contributed by atoms with E-state index in [1.165, 1.54) is 35.6 Å². The summed E-state index contributed by atoms with van der Waals surface area (Å²) in [5.41, 5.74) is 1.78. The van der Waals surface area contributed by atoms with Gasteiger partial charge >= 0.3 is 5.97 Å². The Labute approximate surface area is 154 Å². The van der Waals surface area contributed by atoms with E-state index in [-0.39, 0.29) is 12.3 Å². The summed E-state index contributed by atoms with van der Waals surface area (Å²) in [4.78, 5) is 35.3. The number of nitrogens with zero attached hydrogens (tertiary/aromatic N) is 1. The molecule has 8 heteroatoms. The maximum Gasteiger partial charge on any atom is 0.341 e. The molecule has 0 spiro atoms. The Balaban J connectivity index is 2.13. The molecule has 0 fully saturated rings. The van der Waals surface area contributed by atoms with Crippen LogP contribution in [-0.4, -0.2) is 23.4 Å². The van der Waals surface area contributed by atoms with Crippen LogP contribution in [0.4, 0.5) is 10.7 Å². The van der Waals surface area contributed by atoms with Gasteiger partial charge in [0.05, 0.1) is 17.1 Å². The summed E-state index contributed by atoms with van der Waals surface area (Å²) in [6, 6.07) is 5.82. The van der Waals surface area contributed by atoms with Crippen molar-refractivity contribution in [3.8, 4) is 0 Å². The Bertz CT molecular complexity index is 868. The molecule has 136 valence electrons. The molecular formula is C18H18N2O5S. The van der Waals surface area contributed by atoms with Crippen molar-refractivity contribution in [1.29, 1.82) is 0 Å². The molecule has 0 unspecified atom stereocenters. The van der Waals surface area contributed by atoms with Gasteiger partial charge in [0, 0.05) is 23.1 Å². The summed E-state index contributed by atoms with van der Waals surface area (Å²) in [6.07, 6.45) is 2.84. The number of thiophene rings is 1. The molecule has 0 aliphatic carbocycles. The van der Waals surface area contributed by atoms with E-state index in [0.717, 1.165) is 10.4 Å².